The second-order valence-electron chi connectivity index (χ2n) is 5.88. The van der Waals surface area contributed by atoms with E-state index in [-0.39, 0.29) is 17.4 Å². The molecular weight excluding hydrogens is 410 g/mol. The molecule has 0 radical (unpaired) electrons. The van der Waals surface area contributed by atoms with E-state index >= 15 is 0 Å². The van der Waals surface area contributed by atoms with Crippen LogP contribution in [0.15, 0.2) is 51.1 Å². The molecule has 0 bridgehead atoms. The number of hydrogen-bond acceptors (Lipinski definition) is 9. The number of thioether (sulfide) groups is 1. The summed E-state index contributed by atoms with van der Waals surface area (Å²) in [4.78, 5) is 27.6. The van der Waals surface area contributed by atoms with Crippen LogP contribution in [0, 0.1) is 0 Å². The minimum absolute atomic E-state index is 0.0855. The van der Waals surface area contributed by atoms with Crippen LogP contribution in [0.1, 0.15) is 12.5 Å². The molecule has 9 nitrogen and oxygen atoms in total. The monoisotopic (exact) mass is 429 g/mol. The number of benzene rings is 2. The van der Waals surface area contributed by atoms with Gasteiger partial charge in [0.25, 0.3) is 11.1 Å². The summed E-state index contributed by atoms with van der Waals surface area (Å²) in [5.74, 6) is 0.0177. The smallest absolute Gasteiger partial charge is 0.308 e. The van der Waals surface area contributed by atoms with Crippen LogP contribution >= 0.6 is 11.8 Å². The first-order chi connectivity index (χ1) is 14.5. The number of methoxy groups -OCH3 is 2. The predicted octanol–water partition coefficient (Wildman–Crippen LogP) is 3.01. The Balaban J connectivity index is 1.61. The summed E-state index contributed by atoms with van der Waals surface area (Å²) in [6.45, 7) is 1.28. The van der Waals surface area contributed by atoms with Crippen LogP contribution in [0.4, 0.5) is 0 Å². The zero-order valence-electron chi connectivity index (χ0n) is 16.5. The number of amides is 1. The number of rotatable bonds is 8. The van der Waals surface area contributed by atoms with E-state index in [0.29, 0.717) is 27.9 Å². The van der Waals surface area contributed by atoms with Crippen molar-refractivity contribution in [3.8, 4) is 17.2 Å². The van der Waals surface area contributed by atoms with Gasteiger partial charge in [0.05, 0.1) is 26.2 Å². The number of esters is 1. The van der Waals surface area contributed by atoms with Gasteiger partial charge in [0.1, 0.15) is 5.52 Å². The predicted molar refractivity (Wildman–Crippen MR) is 111 cm³/mol. The molecule has 1 aromatic heterocycles. The third-order valence-electron chi connectivity index (χ3n) is 3.73. The molecule has 0 atom stereocenters. The Morgan fingerprint density at radius 1 is 1.20 bits per heavy atom. The molecule has 0 fully saturated rings. The summed E-state index contributed by atoms with van der Waals surface area (Å²) >= 11 is 1.17. The van der Waals surface area contributed by atoms with Crippen molar-refractivity contribution in [3.63, 3.8) is 0 Å². The number of fused-ring (bicyclic) bond motifs is 1. The largest absolute Gasteiger partial charge is 0.493 e. The number of ether oxygens (including phenoxy) is 3. The standard InChI is InChI=1S/C20H19N3O6S/c1-12(24)28-19-16(26-2)8-13(9-17(19)27-3)10-21-23-18(25)11-30-20-22-14-6-4-5-7-15(14)29-20/h4-10H,11H2,1-3H3,(H,23,25). The van der Waals surface area contributed by atoms with E-state index in [0.717, 1.165) is 5.52 Å². The van der Waals surface area contributed by atoms with E-state index in [1.54, 1.807) is 12.1 Å². The maximum atomic E-state index is 12.0. The molecule has 156 valence electrons. The molecule has 0 aliphatic carbocycles. The van der Waals surface area contributed by atoms with Crippen molar-refractivity contribution < 1.29 is 28.2 Å². The Morgan fingerprint density at radius 2 is 1.90 bits per heavy atom. The minimum Gasteiger partial charge on any atom is -0.493 e. The Labute approximate surface area is 176 Å². The van der Waals surface area contributed by atoms with E-state index in [2.05, 4.69) is 15.5 Å². The van der Waals surface area contributed by atoms with Gasteiger partial charge < -0.3 is 18.6 Å². The summed E-state index contributed by atoms with van der Waals surface area (Å²) in [5, 5.41) is 4.34. The molecule has 0 aliphatic heterocycles. The van der Waals surface area contributed by atoms with Gasteiger partial charge in [0.2, 0.25) is 5.75 Å². The van der Waals surface area contributed by atoms with Gasteiger partial charge >= 0.3 is 5.97 Å². The highest BCUT2D eigenvalue weighted by atomic mass is 32.2. The summed E-state index contributed by atoms with van der Waals surface area (Å²) < 4.78 is 21.2. The van der Waals surface area contributed by atoms with E-state index in [4.69, 9.17) is 18.6 Å². The van der Waals surface area contributed by atoms with Gasteiger partial charge in [0, 0.05) is 12.5 Å². The molecule has 3 aromatic rings. The summed E-state index contributed by atoms with van der Waals surface area (Å²) in [6.07, 6.45) is 1.42. The fourth-order valence-electron chi connectivity index (χ4n) is 2.47. The first-order valence-corrected chi connectivity index (χ1v) is 9.73. The van der Waals surface area contributed by atoms with Crippen molar-refractivity contribution in [1.82, 2.24) is 10.4 Å². The molecule has 0 saturated heterocycles. The van der Waals surface area contributed by atoms with Gasteiger partial charge in [-0.2, -0.15) is 5.10 Å². The van der Waals surface area contributed by atoms with Gasteiger partial charge in [-0.25, -0.2) is 10.4 Å². The first kappa shape index (κ1) is 21.2. The molecule has 0 saturated carbocycles. The van der Waals surface area contributed by atoms with Gasteiger partial charge in [-0.1, -0.05) is 23.9 Å². The number of para-hydroxylation sites is 2. The highest BCUT2D eigenvalue weighted by Crippen LogP contribution is 2.38. The van der Waals surface area contributed by atoms with Crippen LogP contribution < -0.4 is 19.6 Å². The number of oxazole rings is 1. The summed E-state index contributed by atoms with van der Waals surface area (Å²) in [7, 11) is 2.88. The third kappa shape index (κ3) is 5.29. The molecule has 3 rings (SSSR count). The van der Waals surface area contributed by atoms with E-state index in [1.165, 1.54) is 39.1 Å². The molecule has 1 amide bonds. The van der Waals surface area contributed by atoms with Crippen molar-refractivity contribution in [2.45, 2.75) is 12.1 Å². The van der Waals surface area contributed by atoms with Crippen LogP contribution in [-0.4, -0.2) is 43.0 Å². The van der Waals surface area contributed by atoms with Crippen molar-refractivity contribution in [3.05, 3.63) is 42.0 Å². The summed E-state index contributed by atoms with van der Waals surface area (Å²) in [5.41, 5.74) is 4.41. The lowest BCUT2D eigenvalue weighted by atomic mass is 10.2. The average molecular weight is 429 g/mol. The maximum Gasteiger partial charge on any atom is 0.308 e. The Kier molecular flexibility index (Phi) is 6.91. The summed E-state index contributed by atoms with van der Waals surface area (Å²) in [6, 6.07) is 10.6. The van der Waals surface area contributed by atoms with Crippen molar-refractivity contribution in [2.24, 2.45) is 5.10 Å². The molecule has 1 heterocycles. The van der Waals surface area contributed by atoms with Crippen LogP contribution in [-0.2, 0) is 9.59 Å². The molecule has 30 heavy (non-hydrogen) atoms. The van der Waals surface area contributed by atoms with Crippen molar-refractivity contribution in [2.75, 3.05) is 20.0 Å². The van der Waals surface area contributed by atoms with Crippen molar-refractivity contribution in [1.29, 1.82) is 0 Å². The number of nitrogens with zero attached hydrogens (tertiary/aromatic N) is 2. The molecule has 2 aromatic carbocycles. The second kappa shape index (κ2) is 9.79. The topological polar surface area (TPSA) is 112 Å². The normalized spacial score (nSPS) is 10.9. The first-order valence-electron chi connectivity index (χ1n) is 8.75. The van der Waals surface area contributed by atoms with Gasteiger partial charge in [-0.3, -0.25) is 9.59 Å². The van der Waals surface area contributed by atoms with Crippen LogP contribution in [0.2, 0.25) is 0 Å². The number of nitrogens with one attached hydrogen (secondary N) is 1. The number of carbonyl (C=O) groups excluding carboxylic acids is 2. The molecule has 0 unspecified atom stereocenters. The second-order valence-corrected chi connectivity index (χ2v) is 6.80. The molecule has 0 spiro atoms. The zero-order chi connectivity index (χ0) is 21.5. The fraction of sp³-hybridized carbons (Fsp3) is 0.200. The lowest BCUT2D eigenvalue weighted by Crippen LogP contribution is -2.19. The Morgan fingerprint density at radius 3 is 2.53 bits per heavy atom. The Hall–Kier alpha value is -3.53. The highest BCUT2D eigenvalue weighted by Gasteiger charge is 2.15. The average Bonchev–Trinajstić information content (AvgIpc) is 3.15. The van der Waals surface area contributed by atoms with Gasteiger partial charge in [-0.15, -0.1) is 0 Å². The molecule has 1 N–H and O–H groups in total. The highest BCUT2D eigenvalue weighted by molar-refractivity contribution is 7.99. The Bertz CT molecular complexity index is 1040. The quantitative estimate of drug-likeness (QED) is 0.191. The number of carbonyl (C=O) groups is 2. The SMILES string of the molecule is COc1cc(C=NNC(=O)CSc2nc3ccccc3o2)cc(OC)c1OC(C)=O. The minimum atomic E-state index is -0.503. The fourth-order valence-corrected chi connectivity index (χ4v) is 3.10. The third-order valence-corrected chi connectivity index (χ3v) is 4.56. The molecule has 0 aliphatic rings. The molecular formula is C20H19N3O6S. The number of aromatic nitrogens is 1. The molecule has 10 heteroatoms. The van der Waals surface area contributed by atoms with E-state index in [1.807, 2.05) is 24.3 Å². The zero-order valence-corrected chi connectivity index (χ0v) is 17.3. The number of hydrazone groups is 1. The lowest BCUT2D eigenvalue weighted by Gasteiger charge is -2.13. The van der Waals surface area contributed by atoms with E-state index in [9.17, 15) is 9.59 Å². The lowest BCUT2D eigenvalue weighted by molar-refractivity contribution is -0.132. The van der Waals surface area contributed by atoms with Gasteiger partial charge in [-0.05, 0) is 24.3 Å². The van der Waals surface area contributed by atoms with Crippen LogP contribution in [0.5, 0.6) is 17.2 Å². The van der Waals surface area contributed by atoms with Crippen molar-refractivity contribution >= 4 is 41.0 Å². The van der Waals surface area contributed by atoms with E-state index < -0.39 is 5.97 Å². The van der Waals surface area contributed by atoms with Crippen LogP contribution in [0.25, 0.3) is 11.1 Å². The van der Waals surface area contributed by atoms with Gasteiger partial charge in [0.15, 0.2) is 17.1 Å². The maximum absolute atomic E-state index is 12.0. The van der Waals surface area contributed by atoms with Crippen LogP contribution in [0.3, 0.4) is 0 Å². The number of hydrogen-bond donors (Lipinski definition) is 1.